The minimum atomic E-state index is -0.120. The normalized spacial score (nSPS) is 21.9. The van der Waals surface area contributed by atoms with Crippen molar-refractivity contribution in [3.8, 4) is 0 Å². The van der Waals surface area contributed by atoms with Gasteiger partial charge in [-0.3, -0.25) is 14.5 Å². The molecule has 2 aromatic rings. The maximum atomic E-state index is 13.6. The Kier molecular flexibility index (Phi) is 5.44. The lowest BCUT2D eigenvalue weighted by Gasteiger charge is -2.29. The molecule has 6 heteroatoms. The summed E-state index contributed by atoms with van der Waals surface area (Å²) < 4.78 is 0.585. The summed E-state index contributed by atoms with van der Waals surface area (Å²) in [6, 6.07) is 16.1. The minimum Gasteiger partial charge on any atom is -0.303 e. The molecule has 0 unspecified atom stereocenters. The van der Waals surface area contributed by atoms with Gasteiger partial charge < -0.3 is 4.90 Å². The van der Waals surface area contributed by atoms with Crippen LogP contribution < -0.4 is 4.90 Å². The van der Waals surface area contributed by atoms with Crippen LogP contribution in [0, 0.1) is 6.92 Å². The molecule has 0 radical (unpaired) electrons. The third kappa shape index (κ3) is 3.62. The van der Waals surface area contributed by atoms with E-state index in [2.05, 4.69) is 12.1 Å². The molecule has 0 aromatic heterocycles. The summed E-state index contributed by atoms with van der Waals surface area (Å²) in [7, 11) is 0. The SMILES string of the molecule is Cc1ccc(CN2C(=O)/C(=C3/SC(=S)N(C4CCCCC4)C3=O)c3ccccc32)cc1. The number of benzene rings is 2. The summed E-state index contributed by atoms with van der Waals surface area (Å²) in [5, 5.41) is 0. The zero-order valence-corrected chi connectivity index (χ0v) is 19.1. The van der Waals surface area contributed by atoms with Crippen molar-refractivity contribution in [3.63, 3.8) is 0 Å². The van der Waals surface area contributed by atoms with E-state index in [-0.39, 0.29) is 17.9 Å². The number of para-hydroxylation sites is 1. The van der Waals surface area contributed by atoms with E-state index in [1.807, 2.05) is 43.3 Å². The van der Waals surface area contributed by atoms with Gasteiger partial charge in [0.05, 0.1) is 22.7 Å². The molecule has 1 saturated heterocycles. The van der Waals surface area contributed by atoms with Gasteiger partial charge in [-0.1, -0.05) is 91.3 Å². The maximum Gasteiger partial charge on any atom is 0.267 e. The van der Waals surface area contributed by atoms with Gasteiger partial charge in [0.2, 0.25) is 0 Å². The quantitative estimate of drug-likeness (QED) is 0.463. The van der Waals surface area contributed by atoms with Crippen molar-refractivity contribution in [2.45, 2.75) is 51.6 Å². The fourth-order valence-corrected chi connectivity index (χ4v) is 6.19. The van der Waals surface area contributed by atoms with Gasteiger partial charge in [0.15, 0.2) is 0 Å². The molecular formula is C25H24N2O2S2. The molecule has 31 heavy (non-hydrogen) atoms. The Bertz CT molecular complexity index is 1100. The fourth-order valence-electron chi connectivity index (χ4n) is 4.72. The lowest BCUT2D eigenvalue weighted by molar-refractivity contribution is -0.124. The Labute approximate surface area is 192 Å². The van der Waals surface area contributed by atoms with Crippen LogP contribution in [0.2, 0.25) is 0 Å². The second kappa shape index (κ2) is 8.24. The monoisotopic (exact) mass is 448 g/mol. The average molecular weight is 449 g/mol. The Morgan fingerprint density at radius 2 is 1.68 bits per heavy atom. The molecule has 5 rings (SSSR count). The van der Waals surface area contributed by atoms with Crippen molar-refractivity contribution in [1.82, 2.24) is 4.90 Å². The van der Waals surface area contributed by atoms with Crippen LogP contribution in [0.3, 0.4) is 0 Å². The van der Waals surface area contributed by atoms with E-state index in [4.69, 9.17) is 12.2 Å². The highest BCUT2D eigenvalue weighted by atomic mass is 32.2. The second-order valence-electron chi connectivity index (χ2n) is 8.43. The number of carbonyl (C=O) groups is 2. The van der Waals surface area contributed by atoms with Crippen LogP contribution in [-0.4, -0.2) is 27.1 Å². The first-order chi connectivity index (χ1) is 15.0. The zero-order chi connectivity index (χ0) is 21.5. The molecule has 3 aliphatic rings. The van der Waals surface area contributed by atoms with Gasteiger partial charge in [-0.05, 0) is 31.4 Å². The van der Waals surface area contributed by atoms with Gasteiger partial charge >= 0.3 is 0 Å². The van der Waals surface area contributed by atoms with Crippen molar-refractivity contribution < 1.29 is 9.59 Å². The molecule has 2 aliphatic heterocycles. The first kappa shape index (κ1) is 20.5. The van der Waals surface area contributed by atoms with Gasteiger partial charge in [-0.2, -0.15) is 0 Å². The molecule has 4 nitrogen and oxygen atoms in total. The maximum absolute atomic E-state index is 13.6. The van der Waals surface area contributed by atoms with E-state index in [9.17, 15) is 9.59 Å². The molecule has 0 atom stereocenters. The number of hydrogen-bond donors (Lipinski definition) is 0. The molecule has 0 bridgehead atoms. The van der Waals surface area contributed by atoms with Crippen LogP contribution in [-0.2, 0) is 16.1 Å². The molecule has 2 aromatic carbocycles. The zero-order valence-electron chi connectivity index (χ0n) is 17.5. The summed E-state index contributed by atoms with van der Waals surface area (Å²) >= 11 is 6.89. The van der Waals surface area contributed by atoms with Crippen LogP contribution >= 0.6 is 24.0 Å². The molecule has 2 fully saturated rings. The molecule has 1 aliphatic carbocycles. The van der Waals surface area contributed by atoms with E-state index in [1.165, 1.54) is 23.7 Å². The highest BCUT2D eigenvalue weighted by Gasteiger charge is 2.44. The molecule has 158 valence electrons. The van der Waals surface area contributed by atoms with Gasteiger partial charge in [0.25, 0.3) is 11.8 Å². The molecule has 2 heterocycles. The number of amides is 2. The average Bonchev–Trinajstić information content (AvgIpc) is 3.22. The largest absolute Gasteiger partial charge is 0.303 e. The lowest BCUT2D eigenvalue weighted by Crippen LogP contribution is -2.40. The van der Waals surface area contributed by atoms with Crippen molar-refractivity contribution >= 4 is 51.4 Å². The van der Waals surface area contributed by atoms with Gasteiger partial charge in [-0.15, -0.1) is 0 Å². The third-order valence-electron chi connectivity index (χ3n) is 6.35. The van der Waals surface area contributed by atoms with Crippen LogP contribution in [0.15, 0.2) is 53.4 Å². The molecular weight excluding hydrogens is 424 g/mol. The Hall–Kier alpha value is -2.44. The van der Waals surface area contributed by atoms with Gasteiger partial charge in [0.1, 0.15) is 4.32 Å². The second-order valence-corrected chi connectivity index (χ2v) is 10.1. The van der Waals surface area contributed by atoms with Crippen LogP contribution in [0.1, 0.15) is 48.8 Å². The predicted octanol–water partition coefficient (Wildman–Crippen LogP) is 5.45. The van der Waals surface area contributed by atoms with E-state index in [0.717, 1.165) is 42.5 Å². The van der Waals surface area contributed by atoms with Crippen LogP contribution in [0.25, 0.3) is 5.57 Å². The van der Waals surface area contributed by atoms with Gasteiger partial charge in [0, 0.05) is 11.6 Å². The molecule has 1 saturated carbocycles. The standard InChI is InChI=1S/C25H24N2O2S2/c1-16-11-13-17(14-12-16)15-26-20-10-6-5-9-19(20)21(23(26)28)22-24(29)27(25(30)31-22)18-7-3-2-4-8-18/h5-6,9-14,18H,2-4,7-8,15H2,1H3/b22-21+. The Morgan fingerprint density at radius 1 is 0.968 bits per heavy atom. The number of hydrogen-bond acceptors (Lipinski definition) is 4. The smallest absolute Gasteiger partial charge is 0.267 e. The highest BCUT2D eigenvalue weighted by Crippen LogP contribution is 2.46. The van der Waals surface area contributed by atoms with Crippen molar-refractivity contribution in [3.05, 3.63) is 70.1 Å². The number of aryl methyl sites for hydroxylation is 1. The predicted molar refractivity (Wildman–Crippen MR) is 130 cm³/mol. The fraction of sp³-hybridized carbons (Fsp3) is 0.320. The summed E-state index contributed by atoms with van der Waals surface area (Å²) in [6.07, 6.45) is 5.43. The first-order valence-corrected chi connectivity index (χ1v) is 12.0. The van der Waals surface area contributed by atoms with E-state index in [0.29, 0.717) is 21.3 Å². The Morgan fingerprint density at radius 3 is 2.42 bits per heavy atom. The van der Waals surface area contributed by atoms with Crippen molar-refractivity contribution in [1.29, 1.82) is 0 Å². The van der Waals surface area contributed by atoms with E-state index >= 15 is 0 Å². The Balaban J connectivity index is 1.52. The highest BCUT2D eigenvalue weighted by molar-refractivity contribution is 8.26. The number of fused-ring (bicyclic) bond motifs is 1. The van der Waals surface area contributed by atoms with E-state index in [1.54, 1.807) is 9.80 Å². The summed E-state index contributed by atoms with van der Waals surface area (Å²) in [6.45, 7) is 2.52. The number of anilines is 1. The number of nitrogens with zero attached hydrogens (tertiary/aromatic N) is 2. The number of carbonyl (C=O) groups excluding carboxylic acids is 2. The molecule has 0 N–H and O–H groups in total. The van der Waals surface area contributed by atoms with Crippen molar-refractivity contribution in [2.24, 2.45) is 0 Å². The summed E-state index contributed by atoms with van der Waals surface area (Å²) in [4.78, 5) is 31.1. The number of thioether (sulfide) groups is 1. The topological polar surface area (TPSA) is 40.6 Å². The van der Waals surface area contributed by atoms with E-state index < -0.39 is 0 Å². The number of thiocarbonyl (C=S) groups is 1. The van der Waals surface area contributed by atoms with Crippen molar-refractivity contribution in [2.75, 3.05) is 4.90 Å². The molecule has 2 amide bonds. The summed E-state index contributed by atoms with van der Waals surface area (Å²) in [5.41, 5.74) is 4.42. The summed E-state index contributed by atoms with van der Waals surface area (Å²) in [5.74, 6) is -0.219. The van der Waals surface area contributed by atoms with Gasteiger partial charge in [-0.25, -0.2) is 0 Å². The number of rotatable bonds is 3. The molecule has 0 spiro atoms. The van der Waals surface area contributed by atoms with Crippen LogP contribution in [0.4, 0.5) is 5.69 Å². The lowest BCUT2D eigenvalue weighted by atomic mass is 9.94. The van der Waals surface area contributed by atoms with Crippen LogP contribution in [0.5, 0.6) is 0 Å². The third-order valence-corrected chi connectivity index (χ3v) is 7.75. The minimum absolute atomic E-state index is 0.0998. The first-order valence-electron chi connectivity index (χ1n) is 10.8.